The van der Waals surface area contributed by atoms with Crippen LogP contribution in [0.1, 0.15) is 43.0 Å². The second kappa shape index (κ2) is 7.72. The zero-order valence-electron chi connectivity index (χ0n) is 15.2. The summed E-state index contributed by atoms with van der Waals surface area (Å²) in [6.07, 6.45) is 5.35. The van der Waals surface area contributed by atoms with Crippen molar-refractivity contribution < 1.29 is 9.59 Å². The summed E-state index contributed by atoms with van der Waals surface area (Å²) in [4.78, 5) is 29.1. The van der Waals surface area contributed by atoms with E-state index >= 15 is 0 Å². The standard InChI is InChI=1S/C20H27N3O2/c1-3-4-10-19(24)22-11-7-12-23(14-13-22)20(25)17-15-21(2)18-9-6-5-8-16(17)18/h5-6,8-9,15H,3-4,7,10-14H2,1-2H3. The summed E-state index contributed by atoms with van der Waals surface area (Å²) in [5.41, 5.74) is 1.82. The number of hydrogen-bond acceptors (Lipinski definition) is 2. The fourth-order valence-corrected chi connectivity index (χ4v) is 3.54. The SMILES string of the molecule is CCCCC(=O)N1CCCN(C(=O)c2cn(C)c3ccccc23)CC1. The number of aromatic nitrogens is 1. The maximum absolute atomic E-state index is 13.0. The number of nitrogens with zero attached hydrogens (tertiary/aromatic N) is 3. The smallest absolute Gasteiger partial charge is 0.256 e. The molecule has 134 valence electrons. The van der Waals surface area contributed by atoms with Crippen LogP contribution < -0.4 is 0 Å². The zero-order chi connectivity index (χ0) is 17.8. The average molecular weight is 341 g/mol. The molecule has 1 aromatic carbocycles. The first-order valence-electron chi connectivity index (χ1n) is 9.23. The quantitative estimate of drug-likeness (QED) is 0.858. The van der Waals surface area contributed by atoms with Crippen molar-refractivity contribution in [2.45, 2.75) is 32.6 Å². The molecule has 3 rings (SSSR count). The predicted octanol–water partition coefficient (Wildman–Crippen LogP) is 3.04. The molecule has 25 heavy (non-hydrogen) atoms. The van der Waals surface area contributed by atoms with Gasteiger partial charge in [-0.3, -0.25) is 9.59 Å². The number of para-hydroxylation sites is 1. The highest BCUT2D eigenvalue weighted by molar-refractivity contribution is 6.07. The van der Waals surface area contributed by atoms with Gasteiger partial charge in [-0.05, 0) is 18.9 Å². The highest BCUT2D eigenvalue weighted by atomic mass is 16.2. The van der Waals surface area contributed by atoms with Crippen LogP contribution >= 0.6 is 0 Å². The van der Waals surface area contributed by atoms with Gasteiger partial charge in [0.25, 0.3) is 5.91 Å². The maximum Gasteiger partial charge on any atom is 0.256 e. The van der Waals surface area contributed by atoms with Crippen LogP contribution in [0.4, 0.5) is 0 Å². The number of carbonyl (C=O) groups excluding carboxylic acids is 2. The summed E-state index contributed by atoms with van der Waals surface area (Å²) in [6, 6.07) is 7.99. The normalized spacial score (nSPS) is 15.4. The van der Waals surface area contributed by atoms with E-state index < -0.39 is 0 Å². The zero-order valence-corrected chi connectivity index (χ0v) is 15.2. The van der Waals surface area contributed by atoms with Gasteiger partial charge in [0.2, 0.25) is 5.91 Å². The molecule has 0 spiro atoms. The Hall–Kier alpha value is -2.30. The van der Waals surface area contributed by atoms with E-state index in [1.807, 2.05) is 51.9 Å². The van der Waals surface area contributed by atoms with Gasteiger partial charge >= 0.3 is 0 Å². The summed E-state index contributed by atoms with van der Waals surface area (Å²) >= 11 is 0. The Bertz CT molecular complexity index is 765. The molecule has 0 aliphatic carbocycles. The molecule has 2 amide bonds. The molecule has 0 radical (unpaired) electrons. The van der Waals surface area contributed by atoms with Crippen molar-refractivity contribution in [2.24, 2.45) is 7.05 Å². The van der Waals surface area contributed by atoms with E-state index in [4.69, 9.17) is 0 Å². The summed E-state index contributed by atoms with van der Waals surface area (Å²) < 4.78 is 2.00. The van der Waals surface area contributed by atoms with Gasteiger partial charge in [0.1, 0.15) is 0 Å². The Morgan fingerprint density at radius 1 is 1.04 bits per heavy atom. The van der Waals surface area contributed by atoms with Gasteiger partial charge in [-0.1, -0.05) is 31.5 Å². The summed E-state index contributed by atoms with van der Waals surface area (Å²) in [5, 5.41) is 0.995. The predicted molar refractivity (Wildman–Crippen MR) is 99.5 cm³/mol. The van der Waals surface area contributed by atoms with E-state index in [2.05, 4.69) is 6.92 Å². The van der Waals surface area contributed by atoms with Crippen LogP contribution in [0.25, 0.3) is 10.9 Å². The third-order valence-corrected chi connectivity index (χ3v) is 5.01. The lowest BCUT2D eigenvalue weighted by molar-refractivity contribution is -0.131. The second-order valence-corrected chi connectivity index (χ2v) is 6.80. The largest absolute Gasteiger partial charge is 0.350 e. The number of carbonyl (C=O) groups is 2. The molecule has 0 saturated carbocycles. The molecule has 0 N–H and O–H groups in total. The van der Waals surface area contributed by atoms with Crippen LogP contribution in [-0.4, -0.2) is 52.4 Å². The Morgan fingerprint density at radius 2 is 1.76 bits per heavy atom. The molecule has 1 aliphatic rings. The van der Waals surface area contributed by atoms with Gasteiger partial charge in [0.05, 0.1) is 5.56 Å². The molecule has 1 saturated heterocycles. The number of amides is 2. The van der Waals surface area contributed by atoms with E-state index in [0.29, 0.717) is 26.1 Å². The molecule has 2 aromatic rings. The van der Waals surface area contributed by atoms with E-state index in [1.54, 1.807) is 0 Å². The maximum atomic E-state index is 13.0. The van der Waals surface area contributed by atoms with E-state index in [1.165, 1.54) is 0 Å². The average Bonchev–Trinajstić information content (AvgIpc) is 2.81. The van der Waals surface area contributed by atoms with Gasteiger partial charge in [-0.15, -0.1) is 0 Å². The monoisotopic (exact) mass is 341 g/mol. The van der Waals surface area contributed by atoms with Gasteiger partial charge in [0, 0.05) is 56.7 Å². The molecule has 0 unspecified atom stereocenters. The van der Waals surface area contributed by atoms with E-state index in [0.717, 1.165) is 42.3 Å². The van der Waals surface area contributed by atoms with Crippen molar-refractivity contribution in [3.05, 3.63) is 36.0 Å². The molecular formula is C20H27N3O2. The van der Waals surface area contributed by atoms with Gasteiger partial charge in [0.15, 0.2) is 0 Å². The van der Waals surface area contributed by atoms with Gasteiger partial charge in [-0.2, -0.15) is 0 Å². The first-order chi connectivity index (χ1) is 12.1. The topological polar surface area (TPSA) is 45.6 Å². The number of unbranched alkanes of at least 4 members (excludes halogenated alkanes) is 1. The van der Waals surface area contributed by atoms with Crippen molar-refractivity contribution in [2.75, 3.05) is 26.2 Å². The van der Waals surface area contributed by atoms with Crippen molar-refractivity contribution in [1.82, 2.24) is 14.4 Å². The Morgan fingerprint density at radius 3 is 2.56 bits per heavy atom. The molecule has 0 bridgehead atoms. The molecule has 1 aliphatic heterocycles. The molecule has 5 heteroatoms. The first kappa shape index (κ1) is 17.5. The summed E-state index contributed by atoms with van der Waals surface area (Å²) in [5.74, 6) is 0.293. The fraction of sp³-hybridized carbons (Fsp3) is 0.500. The number of aryl methyl sites for hydroxylation is 1. The van der Waals surface area contributed by atoms with Gasteiger partial charge in [-0.25, -0.2) is 0 Å². The van der Waals surface area contributed by atoms with E-state index in [9.17, 15) is 9.59 Å². The Kier molecular flexibility index (Phi) is 5.41. The number of rotatable bonds is 4. The van der Waals surface area contributed by atoms with Crippen molar-refractivity contribution >= 4 is 22.7 Å². The van der Waals surface area contributed by atoms with Crippen LogP contribution in [0.15, 0.2) is 30.5 Å². The minimum absolute atomic E-state index is 0.0691. The Labute approximate surface area is 149 Å². The fourth-order valence-electron chi connectivity index (χ4n) is 3.54. The third-order valence-electron chi connectivity index (χ3n) is 5.01. The highest BCUT2D eigenvalue weighted by Gasteiger charge is 2.24. The van der Waals surface area contributed by atoms with Crippen molar-refractivity contribution in [3.8, 4) is 0 Å². The van der Waals surface area contributed by atoms with Gasteiger partial charge < -0.3 is 14.4 Å². The number of hydrogen-bond donors (Lipinski definition) is 0. The number of benzene rings is 1. The van der Waals surface area contributed by atoms with Crippen LogP contribution in [0.2, 0.25) is 0 Å². The molecule has 1 fully saturated rings. The molecule has 0 atom stereocenters. The lowest BCUT2D eigenvalue weighted by Crippen LogP contribution is -2.37. The third kappa shape index (κ3) is 3.70. The van der Waals surface area contributed by atoms with Crippen LogP contribution in [-0.2, 0) is 11.8 Å². The first-order valence-corrected chi connectivity index (χ1v) is 9.23. The van der Waals surface area contributed by atoms with Crippen LogP contribution in [0.3, 0.4) is 0 Å². The van der Waals surface area contributed by atoms with Crippen molar-refractivity contribution in [3.63, 3.8) is 0 Å². The molecule has 1 aromatic heterocycles. The molecule has 5 nitrogen and oxygen atoms in total. The number of fused-ring (bicyclic) bond motifs is 1. The minimum atomic E-state index is 0.0691. The second-order valence-electron chi connectivity index (χ2n) is 6.80. The highest BCUT2D eigenvalue weighted by Crippen LogP contribution is 2.22. The van der Waals surface area contributed by atoms with Crippen LogP contribution in [0.5, 0.6) is 0 Å². The molecule has 2 heterocycles. The van der Waals surface area contributed by atoms with Crippen molar-refractivity contribution in [1.29, 1.82) is 0 Å². The lowest BCUT2D eigenvalue weighted by atomic mass is 10.1. The minimum Gasteiger partial charge on any atom is -0.350 e. The lowest BCUT2D eigenvalue weighted by Gasteiger charge is -2.22. The Balaban J connectivity index is 1.72. The molecular weight excluding hydrogens is 314 g/mol. The summed E-state index contributed by atoms with van der Waals surface area (Å²) in [6.45, 7) is 4.81. The summed E-state index contributed by atoms with van der Waals surface area (Å²) in [7, 11) is 1.97. The van der Waals surface area contributed by atoms with Crippen LogP contribution in [0, 0.1) is 0 Å². The van der Waals surface area contributed by atoms with E-state index in [-0.39, 0.29) is 11.8 Å².